The van der Waals surface area contributed by atoms with Gasteiger partial charge in [-0.1, -0.05) is 36.4 Å². The minimum absolute atomic E-state index is 0.0823. The largest absolute Gasteiger partial charge is 0.295 e. The molecule has 0 saturated carbocycles. The third-order valence-electron chi connectivity index (χ3n) is 3.00. The van der Waals surface area contributed by atoms with Gasteiger partial charge in [-0.25, -0.2) is 0 Å². The highest BCUT2D eigenvalue weighted by Gasteiger charge is 2.03. The fraction of sp³-hybridized carbons (Fsp3) is 0.125. The number of carbonyl (C=O) groups is 1. The second-order valence-electron chi connectivity index (χ2n) is 4.29. The smallest absolute Gasteiger partial charge is 0.159 e. The van der Waals surface area contributed by atoms with Crippen LogP contribution in [0.2, 0.25) is 0 Å². The van der Waals surface area contributed by atoms with Gasteiger partial charge < -0.3 is 0 Å². The van der Waals surface area contributed by atoms with Crippen molar-refractivity contribution in [1.29, 1.82) is 0 Å². The Balaban J connectivity index is 2.42. The molecular formula is C16H15NO. The van der Waals surface area contributed by atoms with Crippen molar-refractivity contribution in [2.45, 2.75) is 13.8 Å². The van der Waals surface area contributed by atoms with E-state index in [0.717, 1.165) is 27.9 Å². The fourth-order valence-electron chi connectivity index (χ4n) is 1.86. The zero-order chi connectivity index (χ0) is 13.1. The summed E-state index contributed by atoms with van der Waals surface area (Å²) in [7, 11) is 0. The molecule has 2 aromatic carbocycles. The van der Waals surface area contributed by atoms with Crippen molar-refractivity contribution in [2.24, 2.45) is 4.99 Å². The van der Waals surface area contributed by atoms with Crippen LogP contribution in [0.25, 0.3) is 11.1 Å². The van der Waals surface area contributed by atoms with Gasteiger partial charge in [-0.3, -0.25) is 9.79 Å². The lowest BCUT2D eigenvalue weighted by Gasteiger charge is -2.06. The Bertz CT molecular complexity index is 597. The van der Waals surface area contributed by atoms with Crippen LogP contribution in [-0.2, 0) is 0 Å². The molecule has 0 amide bonds. The first-order valence-electron chi connectivity index (χ1n) is 5.80. The standard InChI is InChI=1S/C16H15NO/c1-11-4-5-15(10-16(11)17-3)14-8-6-13(7-9-14)12(2)18/h4-10H,3H2,1-2H3. The van der Waals surface area contributed by atoms with E-state index in [2.05, 4.69) is 11.7 Å². The average Bonchev–Trinajstić information content (AvgIpc) is 2.39. The molecule has 0 spiro atoms. The summed E-state index contributed by atoms with van der Waals surface area (Å²) in [6.45, 7) is 7.15. The van der Waals surface area contributed by atoms with Gasteiger partial charge in [0.1, 0.15) is 0 Å². The molecule has 90 valence electrons. The fourth-order valence-corrected chi connectivity index (χ4v) is 1.86. The maximum Gasteiger partial charge on any atom is 0.159 e. The number of carbonyl (C=O) groups excluding carboxylic acids is 1. The predicted octanol–water partition coefficient (Wildman–Crippen LogP) is 4.20. The first-order valence-corrected chi connectivity index (χ1v) is 5.80. The Morgan fingerprint density at radius 2 is 1.67 bits per heavy atom. The number of hydrogen-bond acceptors (Lipinski definition) is 2. The van der Waals surface area contributed by atoms with Crippen molar-refractivity contribution in [1.82, 2.24) is 0 Å². The van der Waals surface area contributed by atoms with Gasteiger partial charge >= 0.3 is 0 Å². The number of benzene rings is 2. The summed E-state index contributed by atoms with van der Waals surface area (Å²) in [5.41, 5.74) is 4.88. The molecule has 0 bridgehead atoms. The third kappa shape index (κ3) is 2.38. The Morgan fingerprint density at radius 3 is 2.22 bits per heavy atom. The van der Waals surface area contributed by atoms with Gasteiger partial charge in [0, 0.05) is 5.56 Å². The first kappa shape index (κ1) is 12.2. The molecule has 0 unspecified atom stereocenters. The summed E-state index contributed by atoms with van der Waals surface area (Å²) >= 11 is 0. The van der Waals surface area contributed by atoms with Crippen molar-refractivity contribution < 1.29 is 4.79 Å². The molecule has 0 fully saturated rings. The second kappa shape index (κ2) is 4.96. The van der Waals surface area contributed by atoms with E-state index < -0.39 is 0 Å². The number of rotatable bonds is 3. The number of nitrogens with zero attached hydrogens (tertiary/aromatic N) is 1. The highest BCUT2D eigenvalue weighted by molar-refractivity contribution is 5.94. The summed E-state index contributed by atoms with van der Waals surface area (Å²) in [4.78, 5) is 15.2. The topological polar surface area (TPSA) is 29.4 Å². The maximum atomic E-state index is 11.2. The number of Topliss-reactive ketones (excluding diaryl/α,β-unsaturated/α-hetero) is 1. The van der Waals surface area contributed by atoms with Gasteiger partial charge in [0.15, 0.2) is 5.78 Å². The molecule has 0 heterocycles. The quantitative estimate of drug-likeness (QED) is 0.581. The predicted molar refractivity (Wildman–Crippen MR) is 75.8 cm³/mol. The molecule has 2 rings (SSSR count). The number of aryl methyl sites for hydroxylation is 1. The maximum absolute atomic E-state index is 11.2. The van der Waals surface area contributed by atoms with E-state index >= 15 is 0 Å². The van der Waals surface area contributed by atoms with Crippen LogP contribution in [-0.4, -0.2) is 12.5 Å². The lowest BCUT2D eigenvalue weighted by molar-refractivity contribution is 0.101. The van der Waals surface area contributed by atoms with Gasteiger partial charge in [0.2, 0.25) is 0 Å². The molecule has 0 aliphatic heterocycles. The van der Waals surface area contributed by atoms with Crippen molar-refractivity contribution in [3.8, 4) is 11.1 Å². The lowest BCUT2D eigenvalue weighted by Crippen LogP contribution is -1.90. The Kier molecular flexibility index (Phi) is 3.38. The minimum Gasteiger partial charge on any atom is -0.295 e. The van der Waals surface area contributed by atoms with E-state index in [-0.39, 0.29) is 5.78 Å². The monoisotopic (exact) mass is 237 g/mol. The number of aliphatic imine (C=N–C) groups is 1. The molecule has 2 nitrogen and oxygen atoms in total. The Morgan fingerprint density at radius 1 is 1.06 bits per heavy atom. The van der Waals surface area contributed by atoms with Crippen molar-refractivity contribution in [3.05, 3.63) is 53.6 Å². The average molecular weight is 237 g/mol. The van der Waals surface area contributed by atoms with Crippen LogP contribution in [0.5, 0.6) is 0 Å². The summed E-state index contributed by atoms with van der Waals surface area (Å²) in [6.07, 6.45) is 0. The summed E-state index contributed by atoms with van der Waals surface area (Å²) < 4.78 is 0. The van der Waals surface area contributed by atoms with Gasteiger partial charge in [-0.05, 0) is 43.3 Å². The van der Waals surface area contributed by atoms with E-state index in [9.17, 15) is 4.79 Å². The molecule has 0 atom stereocenters. The van der Waals surface area contributed by atoms with Crippen LogP contribution in [0, 0.1) is 6.92 Å². The molecule has 0 saturated heterocycles. The van der Waals surface area contributed by atoms with Crippen LogP contribution in [0.1, 0.15) is 22.8 Å². The molecule has 0 N–H and O–H groups in total. The van der Waals surface area contributed by atoms with Crippen molar-refractivity contribution >= 4 is 18.2 Å². The first-order chi connectivity index (χ1) is 8.61. The van der Waals surface area contributed by atoms with Gasteiger partial charge in [-0.15, -0.1) is 0 Å². The minimum atomic E-state index is 0.0823. The second-order valence-corrected chi connectivity index (χ2v) is 4.29. The van der Waals surface area contributed by atoms with Crippen LogP contribution in [0.4, 0.5) is 5.69 Å². The van der Waals surface area contributed by atoms with Crippen LogP contribution in [0.15, 0.2) is 47.5 Å². The Labute approximate surface area is 107 Å². The summed E-state index contributed by atoms with van der Waals surface area (Å²) in [6, 6.07) is 13.7. The van der Waals surface area contributed by atoms with Gasteiger partial charge in [0.25, 0.3) is 0 Å². The van der Waals surface area contributed by atoms with Gasteiger partial charge in [-0.2, -0.15) is 0 Å². The van der Waals surface area contributed by atoms with Crippen LogP contribution >= 0.6 is 0 Å². The molecule has 0 aliphatic carbocycles. The molecule has 0 aliphatic rings. The lowest BCUT2D eigenvalue weighted by atomic mass is 10.0. The molecular weight excluding hydrogens is 222 g/mol. The van der Waals surface area contributed by atoms with E-state index in [0.29, 0.717) is 0 Å². The zero-order valence-corrected chi connectivity index (χ0v) is 10.6. The van der Waals surface area contributed by atoms with E-state index in [1.807, 2.05) is 49.4 Å². The number of ketones is 1. The highest BCUT2D eigenvalue weighted by Crippen LogP contribution is 2.27. The Hall–Kier alpha value is -2.22. The normalized spacial score (nSPS) is 10.1. The highest BCUT2D eigenvalue weighted by atomic mass is 16.1. The SMILES string of the molecule is C=Nc1cc(-c2ccc(C(C)=O)cc2)ccc1C. The third-order valence-corrected chi connectivity index (χ3v) is 3.00. The number of hydrogen-bond donors (Lipinski definition) is 0. The van der Waals surface area contributed by atoms with Crippen molar-refractivity contribution in [3.63, 3.8) is 0 Å². The molecule has 0 aromatic heterocycles. The summed E-state index contributed by atoms with van der Waals surface area (Å²) in [5, 5.41) is 0. The summed E-state index contributed by atoms with van der Waals surface area (Å²) in [5.74, 6) is 0.0823. The van der Waals surface area contributed by atoms with Crippen LogP contribution < -0.4 is 0 Å². The van der Waals surface area contributed by atoms with E-state index in [4.69, 9.17) is 0 Å². The van der Waals surface area contributed by atoms with E-state index in [1.54, 1.807) is 6.92 Å². The molecule has 18 heavy (non-hydrogen) atoms. The van der Waals surface area contributed by atoms with Crippen molar-refractivity contribution in [2.75, 3.05) is 0 Å². The van der Waals surface area contributed by atoms with Gasteiger partial charge in [0.05, 0.1) is 5.69 Å². The van der Waals surface area contributed by atoms with E-state index in [1.165, 1.54) is 0 Å². The zero-order valence-electron chi connectivity index (χ0n) is 10.6. The molecule has 2 heteroatoms. The van der Waals surface area contributed by atoms with Crippen LogP contribution in [0.3, 0.4) is 0 Å². The molecule has 0 radical (unpaired) electrons. The molecule has 2 aromatic rings.